The van der Waals surface area contributed by atoms with Crippen LogP contribution in [0.15, 0.2) is 137 Å². The van der Waals surface area contributed by atoms with Gasteiger partial charge in [-0.05, 0) is 112 Å². The zero-order chi connectivity index (χ0) is 46.2. The van der Waals surface area contributed by atoms with Crippen LogP contribution in [0, 0.1) is 5.92 Å². The van der Waals surface area contributed by atoms with Crippen molar-refractivity contribution in [3.63, 3.8) is 0 Å². The maximum absolute atomic E-state index is 7.06. The van der Waals surface area contributed by atoms with Crippen LogP contribution in [0.4, 0.5) is 17.1 Å². The zero-order valence-corrected chi connectivity index (χ0v) is 40.8. The highest BCUT2D eigenvalue weighted by molar-refractivity contribution is 6.25. The fraction of sp³-hybridized carbons (Fsp3) is 0.270. The van der Waals surface area contributed by atoms with Gasteiger partial charge in [0.1, 0.15) is 5.58 Å². The molecule has 1 aliphatic carbocycles. The van der Waals surface area contributed by atoms with E-state index >= 15 is 0 Å². The first-order valence-corrected chi connectivity index (χ1v) is 24.5. The molecule has 0 saturated heterocycles. The Morgan fingerprint density at radius 1 is 0.552 bits per heavy atom. The summed E-state index contributed by atoms with van der Waals surface area (Å²) in [7, 11) is 0. The van der Waals surface area contributed by atoms with Crippen molar-refractivity contribution in [3.05, 3.63) is 166 Å². The van der Waals surface area contributed by atoms with E-state index in [0.717, 1.165) is 45.4 Å². The number of rotatable bonds is 4. The summed E-state index contributed by atoms with van der Waals surface area (Å²) in [6.07, 6.45) is 3.58. The van der Waals surface area contributed by atoms with Crippen molar-refractivity contribution >= 4 is 94.1 Å². The molecule has 1 atom stereocenters. The smallest absolute Gasteiger partial charge is 0.159 e. The topological polar surface area (TPSA) is 25.7 Å². The first kappa shape index (κ1) is 40.5. The Kier molecular flexibility index (Phi) is 8.12. The fourth-order valence-electron chi connectivity index (χ4n) is 12.0. The van der Waals surface area contributed by atoms with E-state index in [9.17, 15) is 0 Å². The lowest BCUT2D eigenvalue weighted by Crippen LogP contribution is -2.11. The molecule has 7 aromatic carbocycles. The Bertz CT molecular complexity index is 3920. The SMILES string of the molecule is CC(C)C1=Cc2c3n(c4cc5c6cc(C(C)(C)C)cc7c8cc(C(C)(C)C)ccc8n(c5cc24)c76)-c2cc(N(c4ccccc4)c4cccc5c4oc4c(C(C)(C)C)cccc45)ccc2C3C1. The van der Waals surface area contributed by atoms with Gasteiger partial charge in [-0.1, -0.05) is 148 Å². The molecule has 0 bridgehead atoms. The van der Waals surface area contributed by atoms with Crippen molar-refractivity contribution in [1.29, 1.82) is 0 Å². The van der Waals surface area contributed by atoms with Crippen molar-refractivity contribution < 1.29 is 4.42 Å². The van der Waals surface area contributed by atoms with E-state index in [-0.39, 0.29) is 22.2 Å². The van der Waals surface area contributed by atoms with E-state index in [1.807, 2.05) is 0 Å². The molecule has 332 valence electrons. The third kappa shape index (κ3) is 5.65. The monoisotopic (exact) mass is 873 g/mol. The number of fused-ring (bicyclic) bond motifs is 15. The summed E-state index contributed by atoms with van der Waals surface area (Å²) in [6, 6.07) is 48.6. The van der Waals surface area contributed by atoms with Gasteiger partial charge in [-0.2, -0.15) is 0 Å². The molecule has 1 aliphatic heterocycles. The normalized spacial score (nSPS) is 15.4. The molecule has 67 heavy (non-hydrogen) atoms. The van der Waals surface area contributed by atoms with Crippen LogP contribution in [0.5, 0.6) is 0 Å². The van der Waals surface area contributed by atoms with Gasteiger partial charge in [0, 0.05) is 71.8 Å². The van der Waals surface area contributed by atoms with Gasteiger partial charge in [0.15, 0.2) is 5.58 Å². The van der Waals surface area contributed by atoms with Gasteiger partial charge in [0.2, 0.25) is 0 Å². The average Bonchev–Trinajstić information content (AvgIpc) is 4.08. The van der Waals surface area contributed by atoms with E-state index in [1.165, 1.54) is 93.8 Å². The molecule has 4 heteroatoms. The fourth-order valence-corrected chi connectivity index (χ4v) is 12.0. The number of furan rings is 1. The number of para-hydroxylation sites is 3. The summed E-state index contributed by atoms with van der Waals surface area (Å²) in [5.74, 6) is 0.726. The van der Waals surface area contributed by atoms with Gasteiger partial charge in [-0.25, -0.2) is 0 Å². The standard InChI is InChI=1S/C63H59N3O/c1-35(2)36-27-47-41-25-24-40(64(39-17-13-12-14-18-39)53-22-16-20-43-42-19-15-21-51(63(9,10)11)59(42)67-60(43)53)32-54(41)66-56-34-46-50-31-38(62(6,7)8)30-49-44-29-37(61(3,4)5)23-26-52(44)65(58(49)50)55(46)33-45(56)48(28-36)57(47)66/h12-26,28-35,47H,27H2,1-11H3. The molecule has 2 aliphatic rings. The predicted molar refractivity (Wildman–Crippen MR) is 285 cm³/mol. The minimum absolute atomic E-state index is 0.0113. The van der Waals surface area contributed by atoms with Gasteiger partial charge < -0.3 is 18.3 Å². The van der Waals surface area contributed by atoms with E-state index in [0.29, 0.717) is 5.92 Å². The molecule has 4 aromatic heterocycles. The third-order valence-corrected chi connectivity index (χ3v) is 15.6. The predicted octanol–water partition coefficient (Wildman–Crippen LogP) is 17.9. The molecular weight excluding hydrogens is 815 g/mol. The summed E-state index contributed by atoms with van der Waals surface area (Å²) >= 11 is 0. The number of aromatic nitrogens is 2. The number of hydrogen-bond donors (Lipinski definition) is 0. The number of allylic oxidation sites excluding steroid dienone is 1. The summed E-state index contributed by atoms with van der Waals surface area (Å²) in [5, 5.41) is 8.98. The highest BCUT2D eigenvalue weighted by atomic mass is 16.3. The summed E-state index contributed by atoms with van der Waals surface area (Å²) < 4.78 is 12.3. The van der Waals surface area contributed by atoms with Crippen LogP contribution in [-0.2, 0) is 16.2 Å². The van der Waals surface area contributed by atoms with Crippen molar-refractivity contribution in [2.45, 2.75) is 105 Å². The molecule has 0 spiro atoms. The van der Waals surface area contributed by atoms with Crippen LogP contribution < -0.4 is 4.90 Å². The molecule has 0 fully saturated rings. The van der Waals surface area contributed by atoms with Crippen molar-refractivity contribution in [1.82, 2.24) is 8.97 Å². The van der Waals surface area contributed by atoms with Gasteiger partial charge >= 0.3 is 0 Å². The second-order valence-electron chi connectivity index (χ2n) is 23.2. The largest absolute Gasteiger partial charge is 0.454 e. The molecule has 1 unspecified atom stereocenters. The first-order chi connectivity index (χ1) is 32.0. The molecule has 5 heterocycles. The minimum atomic E-state index is -0.0669. The number of nitrogens with zero attached hydrogens (tertiary/aromatic N) is 3. The first-order valence-electron chi connectivity index (χ1n) is 24.5. The van der Waals surface area contributed by atoms with Crippen LogP contribution >= 0.6 is 0 Å². The minimum Gasteiger partial charge on any atom is -0.454 e. The Labute approximate surface area is 393 Å². The lowest BCUT2D eigenvalue weighted by molar-refractivity contribution is 0.573. The molecule has 0 N–H and O–H groups in total. The van der Waals surface area contributed by atoms with E-state index in [4.69, 9.17) is 4.42 Å². The van der Waals surface area contributed by atoms with Gasteiger partial charge in [-0.3, -0.25) is 0 Å². The highest BCUT2D eigenvalue weighted by Crippen LogP contribution is 2.55. The lowest BCUT2D eigenvalue weighted by atomic mass is 9.80. The summed E-state index contributed by atoms with van der Waals surface area (Å²) in [5.41, 5.74) is 21.2. The highest BCUT2D eigenvalue weighted by Gasteiger charge is 2.39. The molecule has 11 aromatic rings. The molecular formula is C63H59N3O. The van der Waals surface area contributed by atoms with Crippen LogP contribution in [0.1, 0.15) is 122 Å². The van der Waals surface area contributed by atoms with Crippen LogP contribution in [-0.4, -0.2) is 8.97 Å². The average molecular weight is 874 g/mol. The van der Waals surface area contributed by atoms with Crippen LogP contribution in [0.3, 0.4) is 0 Å². The van der Waals surface area contributed by atoms with Crippen molar-refractivity contribution in [2.24, 2.45) is 5.92 Å². The van der Waals surface area contributed by atoms with Crippen LogP contribution in [0.2, 0.25) is 0 Å². The summed E-state index contributed by atoms with van der Waals surface area (Å²) in [6.45, 7) is 25.6. The summed E-state index contributed by atoms with van der Waals surface area (Å²) in [4.78, 5) is 2.41. The quantitative estimate of drug-likeness (QED) is 0.176. The molecule has 4 nitrogen and oxygen atoms in total. The second kappa shape index (κ2) is 13.4. The molecule has 0 saturated carbocycles. The zero-order valence-electron chi connectivity index (χ0n) is 40.8. The second-order valence-corrected chi connectivity index (χ2v) is 23.2. The van der Waals surface area contributed by atoms with Gasteiger partial charge in [0.05, 0.1) is 33.4 Å². The van der Waals surface area contributed by atoms with E-state index < -0.39 is 0 Å². The van der Waals surface area contributed by atoms with Gasteiger partial charge in [0.25, 0.3) is 0 Å². The molecule has 0 amide bonds. The maximum atomic E-state index is 7.06. The number of hydrogen-bond acceptors (Lipinski definition) is 2. The van der Waals surface area contributed by atoms with Crippen LogP contribution in [0.25, 0.3) is 82.7 Å². The Morgan fingerprint density at radius 2 is 1.22 bits per heavy atom. The third-order valence-electron chi connectivity index (χ3n) is 15.6. The number of benzene rings is 7. The number of anilines is 3. The van der Waals surface area contributed by atoms with Crippen molar-refractivity contribution in [2.75, 3.05) is 4.90 Å². The van der Waals surface area contributed by atoms with E-state index in [2.05, 4.69) is 223 Å². The molecule has 13 rings (SSSR count). The maximum Gasteiger partial charge on any atom is 0.159 e. The molecule has 0 radical (unpaired) electrons. The van der Waals surface area contributed by atoms with E-state index in [1.54, 1.807) is 0 Å². The Hall–Kier alpha value is -6.78. The van der Waals surface area contributed by atoms with Crippen molar-refractivity contribution in [3.8, 4) is 5.69 Å². The Balaban J connectivity index is 1.09. The Morgan fingerprint density at radius 3 is 1.93 bits per heavy atom. The van der Waals surface area contributed by atoms with Gasteiger partial charge in [-0.15, -0.1) is 0 Å². The lowest BCUT2D eigenvalue weighted by Gasteiger charge is -2.27.